The number of fused-ring (bicyclic) bond motifs is 2. The highest BCUT2D eigenvalue weighted by atomic mass is 32.2. The summed E-state index contributed by atoms with van der Waals surface area (Å²) in [6.45, 7) is 6.35. The Bertz CT molecular complexity index is 314. The van der Waals surface area contributed by atoms with Crippen molar-refractivity contribution in [2.75, 3.05) is 0 Å². The summed E-state index contributed by atoms with van der Waals surface area (Å²) in [6, 6.07) is 0. The molecule has 0 saturated carbocycles. The Morgan fingerprint density at radius 3 is 2.18 bits per heavy atom. The van der Waals surface area contributed by atoms with Crippen molar-refractivity contribution >= 4 is 16.6 Å². The monoisotopic (exact) mass is 256 g/mol. The van der Waals surface area contributed by atoms with Crippen LogP contribution in [0.5, 0.6) is 0 Å². The van der Waals surface area contributed by atoms with Crippen LogP contribution in [0.2, 0.25) is 0 Å². The van der Waals surface area contributed by atoms with Gasteiger partial charge in [-0.25, -0.2) is 0 Å². The van der Waals surface area contributed by atoms with E-state index in [1.165, 1.54) is 6.42 Å². The average Bonchev–Trinajstić information content (AvgIpc) is 2.13. The molecule has 2 atom stereocenters. The highest BCUT2D eigenvalue weighted by Gasteiger charge is 2.40. The van der Waals surface area contributed by atoms with Crippen LogP contribution in [0, 0.1) is 11.3 Å². The molecule has 2 aliphatic heterocycles. The van der Waals surface area contributed by atoms with Crippen LogP contribution in [0.4, 0.5) is 0 Å². The zero-order chi connectivity index (χ0) is 12.6. The van der Waals surface area contributed by atoms with Gasteiger partial charge in [0, 0.05) is 33.6 Å². The van der Waals surface area contributed by atoms with Crippen molar-refractivity contribution in [3.8, 4) is 0 Å². The smallest absolute Gasteiger partial charge is 0.136 e. The first-order chi connectivity index (χ1) is 7.87. The topological polar surface area (TPSA) is 34.1 Å². The standard InChI is InChI=1S/C14H24O2S/c1-14(2,3)9-13(15)10-7-11-5-4-6-12(8-10)17(11)16/h10-12H,4-9H2,1-3H3. The first-order valence-corrected chi connectivity index (χ1v) is 8.06. The maximum atomic E-state index is 12.3. The van der Waals surface area contributed by atoms with Crippen molar-refractivity contribution in [3.05, 3.63) is 0 Å². The minimum absolute atomic E-state index is 0.0861. The van der Waals surface area contributed by atoms with Crippen molar-refractivity contribution in [1.29, 1.82) is 0 Å². The van der Waals surface area contributed by atoms with E-state index in [-0.39, 0.29) is 11.3 Å². The first kappa shape index (κ1) is 13.3. The molecule has 2 saturated heterocycles. The van der Waals surface area contributed by atoms with E-state index < -0.39 is 10.8 Å². The predicted molar refractivity (Wildman–Crippen MR) is 71.4 cm³/mol. The van der Waals surface area contributed by atoms with Gasteiger partial charge in [-0.05, 0) is 31.1 Å². The molecule has 2 heterocycles. The molecule has 2 aliphatic rings. The van der Waals surface area contributed by atoms with Gasteiger partial charge in [-0.3, -0.25) is 9.00 Å². The zero-order valence-corrected chi connectivity index (χ0v) is 12.0. The second-order valence-electron chi connectivity index (χ2n) is 6.88. The van der Waals surface area contributed by atoms with E-state index in [4.69, 9.17) is 0 Å². The van der Waals surface area contributed by atoms with E-state index in [0.717, 1.165) is 25.7 Å². The Labute approximate surface area is 107 Å². The minimum atomic E-state index is -0.649. The maximum absolute atomic E-state index is 12.3. The Hall–Kier alpha value is -0.180. The Morgan fingerprint density at radius 1 is 1.18 bits per heavy atom. The zero-order valence-electron chi connectivity index (χ0n) is 11.2. The predicted octanol–water partition coefficient (Wildman–Crippen LogP) is 3.07. The first-order valence-electron chi connectivity index (χ1n) is 6.79. The number of Topliss-reactive ketones (excluding diaryl/α,β-unsaturated/α-hetero) is 1. The largest absolute Gasteiger partial charge is 0.299 e. The highest BCUT2D eigenvalue weighted by Crippen LogP contribution is 2.38. The van der Waals surface area contributed by atoms with Gasteiger partial charge in [0.25, 0.3) is 0 Å². The summed E-state index contributed by atoms with van der Waals surface area (Å²) in [5.74, 6) is 0.605. The van der Waals surface area contributed by atoms with Gasteiger partial charge in [-0.15, -0.1) is 0 Å². The molecule has 0 aliphatic carbocycles. The number of carbonyl (C=O) groups is 1. The molecule has 0 spiro atoms. The molecule has 2 bridgehead atoms. The van der Waals surface area contributed by atoms with Gasteiger partial charge in [0.05, 0.1) is 0 Å². The molecule has 2 nitrogen and oxygen atoms in total. The molecule has 0 aromatic carbocycles. The van der Waals surface area contributed by atoms with Crippen molar-refractivity contribution < 1.29 is 9.00 Å². The van der Waals surface area contributed by atoms with Crippen LogP contribution in [0.1, 0.15) is 59.3 Å². The summed E-state index contributed by atoms with van der Waals surface area (Å²) < 4.78 is 12.1. The van der Waals surface area contributed by atoms with Gasteiger partial charge < -0.3 is 0 Å². The molecule has 2 unspecified atom stereocenters. The Balaban J connectivity index is 2.00. The average molecular weight is 256 g/mol. The van der Waals surface area contributed by atoms with E-state index in [0.29, 0.717) is 22.7 Å². The van der Waals surface area contributed by atoms with Crippen LogP contribution in [-0.4, -0.2) is 20.5 Å². The van der Waals surface area contributed by atoms with E-state index in [2.05, 4.69) is 20.8 Å². The Morgan fingerprint density at radius 2 is 1.71 bits per heavy atom. The molecule has 2 rings (SSSR count). The molecule has 2 fully saturated rings. The third kappa shape index (κ3) is 3.18. The van der Waals surface area contributed by atoms with E-state index in [9.17, 15) is 9.00 Å². The normalized spacial score (nSPS) is 37.8. The Kier molecular flexibility index (Phi) is 3.77. The minimum Gasteiger partial charge on any atom is -0.299 e. The summed E-state index contributed by atoms with van der Waals surface area (Å²) in [4.78, 5) is 12.3. The lowest BCUT2D eigenvalue weighted by molar-refractivity contribution is -0.125. The number of hydrogen-bond acceptors (Lipinski definition) is 2. The van der Waals surface area contributed by atoms with E-state index in [1.807, 2.05) is 0 Å². The lowest BCUT2D eigenvalue weighted by Crippen LogP contribution is -2.42. The van der Waals surface area contributed by atoms with Crippen LogP contribution in [-0.2, 0) is 15.6 Å². The van der Waals surface area contributed by atoms with Gasteiger partial charge in [0.1, 0.15) is 5.78 Å². The number of rotatable bonds is 2. The molecule has 0 N–H and O–H groups in total. The summed E-state index contributed by atoms with van der Waals surface area (Å²) in [7, 11) is -0.649. The van der Waals surface area contributed by atoms with Crippen LogP contribution >= 0.6 is 0 Å². The molecule has 0 amide bonds. The maximum Gasteiger partial charge on any atom is 0.136 e. The second-order valence-corrected chi connectivity index (χ2v) is 8.87. The van der Waals surface area contributed by atoms with Crippen LogP contribution in [0.3, 0.4) is 0 Å². The van der Waals surface area contributed by atoms with Crippen LogP contribution in [0.15, 0.2) is 0 Å². The van der Waals surface area contributed by atoms with Crippen molar-refractivity contribution in [2.45, 2.75) is 69.8 Å². The fraction of sp³-hybridized carbons (Fsp3) is 0.929. The molecule has 0 aromatic rings. The number of hydrogen-bond donors (Lipinski definition) is 0. The lowest BCUT2D eigenvalue weighted by Gasteiger charge is -2.38. The van der Waals surface area contributed by atoms with Gasteiger partial charge in [0.15, 0.2) is 0 Å². The highest BCUT2D eigenvalue weighted by molar-refractivity contribution is 7.86. The molecular weight excluding hydrogens is 232 g/mol. The molecule has 3 heteroatoms. The summed E-state index contributed by atoms with van der Waals surface area (Å²) in [5.41, 5.74) is 0.0861. The van der Waals surface area contributed by atoms with Gasteiger partial charge in [-0.1, -0.05) is 27.2 Å². The van der Waals surface area contributed by atoms with Gasteiger partial charge >= 0.3 is 0 Å². The SMILES string of the molecule is CC(C)(C)CC(=O)C1CC2CCCC(C1)S2=O. The number of carbonyl (C=O) groups excluding carboxylic acids is 1. The fourth-order valence-electron chi connectivity index (χ4n) is 3.16. The second kappa shape index (κ2) is 4.83. The molecule has 17 heavy (non-hydrogen) atoms. The molecule has 98 valence electrons. The molecular formula is C14H24O2S. The quantitative estimate of drug-likeness (QED) is 0.761. The molecule has 0 radical (unpaired) electrons. The third-order valence-corrected chi connectivity index (χ3v) is 6.13. The fourth-order valence-corrected chi connectivity index (χ4v) is 5.35. The third-order valence-electron chi connectivity index (χ3n) is 3.96. The van der Waals surface area contributed by atoms with E-state index >= 15 is 0 Å². The van der Waals surface area contributed by atoms with Crippen molar-refractivity contribution in [2.24, 2.45) is 11.3 Å². The summed E-state index contributed by atoms with van der Waals surface area (Å²) >= 11 is 0. The van der Waals surface area contributed by atoms with Crippen LogP contribution in [0.25, 0.3) is 0 Å². The lowest BCUT2D eigenvalue weighted by atomic mass is 9.80. The van der Waals surface area contributed by atoms with Crippen molar-refractivity contribution in [1.82, 2.24) is 0 Å². The van der Waals surface area contributed by atoms with Crippen LogP contribution < -0.4 is 0 Å². The van der Waals surface area contributed by atoms with Gasteiger partial charge in [0.2, 0.25) is 0 Å². The number of ketones is 1. The summed E-state index contributed by atoms with van der Waals surface area (Å²) in [5, 5.41) is 0.632. The van der Waals surface area contributed by atoms with Crippen molar-refractivity contribution in [3.63, 3.8) is 0 Å². The molecule has 0 aromatic heterocycles. The van der Waals surface area contributed by atoms with Gasteiger partial charge in [-0.2, -0.15) is 0 Å². The van der Waals surface area contributed by atoms with E-state index in [1.54, 1.807) is 0 Å². The summed E-state index contributed by atoms with van der Waals surface area (Å²) in [6.07, 6.45) is 5.80.